The van der Waals surface area contributed by atoms with Crippen LogP contribution in [0.1, 0.15) is 30.8 Å². The molecule has 0 saturated heterocycles. The number of hydrogen-bond acceptors (Lipinski definition) is 5. The molecule has 0 aliphatic heterocycles. The molecule has 1 heterocycles. The fourth-order valence-corrected chi connectivity index (χ4v) is 3.54. The van der Waals surface area contributed by atoms with Crippen LogP contribution in [0.5, 0.6) is 11.5 Å². The van der Waals surface area contributed by atoms with E-state index in [1.165, 1.54) is 0 Å². The molecule has 0 radical (unpaired) electrons. The minimum atomic E-state index is 0.301. The Morgan fingerprint density at radius 1 is 1.03 bits per heavy atom. The molecule has 6 nitrogen and oxygen atoms in total. The number of aryl methyl sites for hydroxylation is 1. The van der Waals surface area contributed by atoms with Gasteiger partial charge in [0, 0.05) is 17.5 Å². The first-order chi connectivity index (χ1) is 14.4. The molecule has 0 amide bonds. The van der Waals surface area contributed by atoms with Crippen molar-refractivity contribution in [2.45, 2.75) is 33.4 Å². The van der Waals surface area contributed by atoms with E-state index in [2.05, 4.69) is 15.6 Å². The maximum Gasteiger partial charge on any atom is 0.214 e. The average Bonchev–Trinajstić information content (AvgIpc) is 3.09. The van der Waals surface area contributed by atoms with E-state index in [4.69, 9.17) is 56.5 Å². The minimum Gasteiger partial charge on any atom is -0.490 e. The molecule has 0 fully saturated rings. The van der Waals surface area contributed by atoms with E-state index in [-0.39, 0.29) is 0 Å². The maximum absolute atomic E-state index is 6.51. The Hall–Kier alpha value is -1.93. The first-order valence-electron chi connectivity index (χ1n) is 9.35. The van der Waals surface area contributed by atoms with E-state index in [9.17, 15) is 0 Å². The lowest BCUT2D eigenvalue weighted by Gasteiger charge is -2.16. The Labute approximate surface area is 195 Å². The van der Waals surface area contributed by atoms with E-state index in [1.54, 1.807) is 22.9 Å². The van der Waals surface area contributed by atoms with Crippen molar-refractivity contribution in [2.24, 2.45) is 0 Å². The molecule has 0 saturated carbocycles. The van der Waals surface area contributed by atoms with Crippen molar-refractivity contribution in [2.75, 3.05) is 12.0 Å². The molecule has 0 unspecified atom stereocenters. The fourth-order valence-electron chi connectivity index (χ4n) is 2.78. The predicted octanol–water partition coefficient (Wildman–Crippen LogP) is 6.18. The van der Waals surface area contributed by atoms with Crippen molar-refractivity contribution < 1.29 is 9.47 Å². The molecule has 0 bridgehead atoms. The number of H-pyrrole nitrogens is 1. The summed E-state index contributed by atoms with van der Waals surface area (Å²) in [7, 11) is 0. The summed E-state index contributed by atoms with van der Waals surface area (Å²) < 4.78 is 13.9. The van der Waals surface area contributed by atoms with Gasteiger partial charge in [0.1, 0.15) is 6.61 Å². The van der Waals surface area contributed by atoms with Crippen LogP contribution >= 0.6 is 47.0 Å². The van der Waals surface area contributed by atoms with Crippen LogP contribution < -0.4 is 14.9 Å². The zero-order chi connectivity index (χ0) is 21.7. The Morgan fingerprint density at radius 2 is 1.80 bits per heavy atom. The summed E-state index contributed by atoms with van der Waals surface area (Å²) in [4.78, 5) is 0. The zero-order valence-corrected chi connectivity index (χ0v) is 19.6. The van der Waals surface area contributed by atoms with Crippen LogP contribution in [0.4, 0.5) is 0 Å². The van der Waals surface area contributed by atoms with E-state index in [0.29, 0.717) is 51.1 Å². The number of hydrogen-bond donors (Lipinski definition) is 2. The number of aromatic amines is 1. The number of nitrogens with zero attached hydrogens (tertiary/aromatic N) is 2. The summed E-state index contributed by atoms with van der Waals surface area (Å²) >= 11 is 23.8. The number of ether oxygens (including phenoxy) is 2. The van der Waals surface area contributed by atoms with Gasteiger partial charge in [0.2, 0.25) is 4.77 Å². The van der Waals surface area contributed by atoms with Crippen LogP contribution in [0, 0.1) is 4.77 Å². The monoisotopic (exact) mass is 486 g/mol. The molecule has 2 aromatic carbocycles. The van der Waals surface area contributed by atoms with E-state index in [1.807, 2.05) is 26.0 Å². The van der Waals surface area contributed by atoms with Crippen molar-refractivity contribution in [1.29, 1.82) is 0 Å². The van der Waals surface area contributed by atoms with Gasteiger partial charge in [-0.2, -0.15) is 5.10 Å². The van der Waals surface area contributed by atoms with Crippen molar-refractivity contribution in [1.82, 2.24) is 14.9 Å². The molecule has 3 aromatic rings. The van der Waals surface area contributed by atoms with Crippen molar-refractivity contribution in [3.8, 4) is 11.5 Å². The fraction of sp³-hybridized carbons (Fsp3) is 0.300. The normalized spacial score (nSPS) is 10.8. The van der Waals surface area contributed by atoms with Crippen molar-refractivity contribution in [3.05, 3.63) is 67.1 Å². The van der Waals surface area contributed by atoms with Gasteiger partial charge >= 0.3 is 0 Å². The highest BCUT2D eigenvalue weighted by Crippen LogP contribution is 2.34. The Kier molecular flexibility index (Phi) is 7.88. The van der Waals surface area contributed by atoms with Gasteiger partial charge in [0.15, 0.2) is 17.3 Å². The summed E-state index contributed by atoms with van der Waals surface area (Å²) in [5, 5.41) is 8.48. The molecule has 3 rings (SSSR count). The molecule has 0 aliphatic carbocycles. The van der Waals surface area contributed by atoms with Crippen LogP contribution in [-0.2, 0) is 19.6 Å². The third-order valence-electron chi connectivity index (χ3n) is 4.28. The molecular weight excluding hydrogens is 467 g/mol. The van der Waals surface area contributed by atoms with Gasteiger partial charge in [-0.3, -0.25) is 5.10 Å². The largest absolute Gasteiger partial charge is 0.490 e. The Morgan fingerprint density at radius 3 is 2.50 bits per heavy atom. The summed E-state index contributed by atoms with van der Waals surface area (Å²) in [6.07, 6.45) is 0.736. The summed E-state index contributed by atoms with van der Waals surface area (Å²) in [6.45, 7) is 5.14. The number of halogens is 3. The van der Waals surface area contributed by atoms with Crippen LogP contribution in [0.15, 0.2) is 30.3 Å². The maximum atomic E-state index is 6.51. The highest BCUT2D eigenvalue weighted by atomic mass is 35.5. The number of nitrogens with one attached hydrogen (secondary N) is 2. The van der Waals surface area contributed by atoms with Crippen molar-refractivity contribution in [3.63, 3.8) is 0 Å². The summed E-state index contributed by atoms with van der Waals surface area (Å²) in [5.74, 6) is 1.96. The quantitative estimate of drug-likeness (QED) is 0.353. The molecule has 0 spiro atoms. The van der Waals surface area contributed by atoms with Gasteiger partial charge < -0.3 is 14.9 Å². The van der Waals surface area contributed by atoms with Crippen molar-refractivity contribution >= 4 is 47.0 Å². The second-order valence-corrected chi connectivity index (χ2v) is 7.94. The highest BCUT2D eigenvalue weighted by Gasteiger charge is 2.13. The van der Waals surface area contributed by atoms with Gasteiger partial charge in [-0.1, -0.05) is 47.8 Å². The molecule has 0 aliphatic rings. The molecule has 10 heteroatoms. The standard InChI is InChI=1S/C20H21Cl3N4O2S/c1-3-19-25-26-20(30)27(19)24-10-13-8-17(28-4-2)18(9-15(13)22)29-11-12-5-6-14(21)16(23)7-12/h5-9,24H,3-4,10-11H2,1-2H3,(H,26,30). The topological polar surface area (TPSA) is 64.1 Å². The second-order valence-electron chi connectivity index (χ2n) is 6.33. The van der Waals surface area contributed by atoms with Crippen LogP contribution in [-0.4, -0.2) is 21.5 Å². The Balaban J connectivity index is 1.78. The van der Waals surface area contributed by atoms with Gasteiger partial charge in [-0.15, -0.1) is 0 Å². The molecule has 2 N–H and O–H groups in total. The molecule has 30 heavy (non-hydrogen) atoms. The zero-order valence-electron chi connectivity index (χ0n) is 16.5. The average molecular weight is 488 g/mol. The number of rotatable bonds is 9. The first kappa shape index (κ1) is 22.7. The molecular formula is C20H21Cl3N4O2S. The minimum absolute atomic E-state index is 0.301. The SMILES string of the molecule is CCOc1cc(CNn2c(CC)n[nH]c2=S)c(Cl)cc1OCc1ccc(Cl)c(Cl)c1. The van der Waals surface area contributed by atoms with Crippen LogP contribution in [0.3, 0.4) is 0 Å². The van der Waals surface area contributed by atoms with Gasteiger partial charge in [0.05, 0.1) is 23.2 Å². The van der Waals surface area contributed by atoms with E-state index >= 15 is 0 Å². The molecule has 1 aromatic heterocycles. The third kappa shape index (κ3) is 5.40. The van der Waals surface area contributed by atoms with E-state index in [0.717, 1.165) is 23.4 Å². The van der Waals surface area contributed by atoms with Gasteiger partial charge in [0.25, 0.3) is 0 Å². The van der Waals surface area contributed by atoms with Gasteiger partial charge in [-0.05, 0) is 48.5 Å². The molecule has 0 atom stereocenters. The predicted molar refractivity (Wildman–Crippen MR) is 123 cm³/mol. The smallest absolute Gasteiger partial charge is 0.214 e. The summed E-state index contributed by atoms with van der Waals surface area (Å²) in [5.41, 5.74) is 4.96. The summed E-state index contributed by atoms with van der Waals surface area (Å²) in [6, 6.07) is 8.96. The lowest BCUT2D eigenvalue weighted by atomic mass is 10.2. The lowest BCUT2D eigenvalue weighted by Crippen LogP contribution is -2.17. The van der Waals surface area contributed by atoms with Crippen LogP contribution in [0.25, 0.3) is 0 Å². The highest BCUT2D eigenvalue weighted by molar-refractivity contribution is 7.71. The Bertz CT molecular complexity index is 1080. The third-order valence-corrected chi connectivity index (χ3v) is 5.64. The number of benzene rings is 2. The van der Waals surface area contributed by atoms with Crippen LogP contribution in [0.2, 0.25) is 15.1 Å². The number of aromatic nitrogens is 3. The molecule has 160 valence electrons. The van der Waals surface area contributed by atoms with E-state index < -0.39 is 0 Å². The second kappa shape index (κ2) is 10.4. The van der Waals surface area contributed by atoms with Gasteiger partial charge in [-0.25, -0.2) is 4.68 Å². The first-order valence-corrected chi connectivity index (χ1v) is 10.9. The lowest BCUT2D eigenvalue weighted by molar-refractivity contribution is 0.269.